The maximum atomic E-state index is 13.4. The molecule has 0 bridgehead atoms. The van der Waals surface area contributed by atoms with Crippen molar-refractivity contribution in [3.8, 4) is 0 Å². The Kier molecular flexibility index (Phi) is 5.89. The number of hydrogen-bond acceptors (Lipinski definition) is 3. The van der Waals surface area contributed by atoms with E-state index in [0.717, 1.165) is 35.9 Å². The number of para-hydroxylation sites is 1. The Morgan fingerprint density at radius 1 is 0.909 bits per heavy atom. The summed E-state index contributed by atoms with van der Waals surface area (Å²) in [5.74, 6) is -0.0388. The Labute approximate surface area is 192 Å². The number of carbonyl (C=O) groups excluding carboxylic acids is 2. The summed E-state index contributed by atoms with van der Waals surface area (Å²) in [6, 6.07) is 21.8. The topological polar surface area (TPSA) is 67.2 Å². The molecule has 1 aliphatic heterocycles. The van der Waals surface area contributed by atoms with Gasteiger partial charge in [-0.15, -0.1) is 0 Å². The van der Waals surface area contributed by atoms with E-state index >= 15 is 0 Å². The summed E-state index contributed by atoms with van der Waals surface area (Å²) in [7, 11) is 0. The molecule has 2 aromatic heterocycles. The lowest BCUT2D eigenvalue weighted by Gasteiger charge is -2.32. The van der Waals surface area contributed by atoms with Crippen molar-refractivity contribution in [2.24, 2.45) is 0 Å². The Morgan fingerprint density at radius 2 is 1.61 bits per heavy atom. The molecule has 1 aliphatic rings. The van der Waals surface area contributed by atoms with Gasteiger partial charge < -0.3 is 14.8 Å². The zero-order chi connectivity index (χ0) is 22.6. The average Bonchev–Trinajstić information content (AvgIpc) is 3.23. The quantitative estimate of drug-likeness (QED) is 0.510. The lowest BCUT2D eigenvalue weighted by Crippen LogP contribution is -2.46. The molecule has 166 valence electrons. The number of piperidine rings is 1. The minimum absolute atomic E-state index is 0.0527. The third-order valence-electron chi connectivity index (χ3n) is 6.27. The second kappa shape index (κ2) is 9.28. The van der Waals surface area contributed by atoms with E-state index in [2.05, 4.69) is 33.1 Å². The monoisotopic (exact) mass is 438 g/mol. The second-order valence-corrected chi connectivity index (χ2v) is 8.45. The highest BCUT2D eigenvalue weighted by molar-refractivity contribution is 6.07. The number of nitrogens with one attached hydrogen (secondary N) is 1. The van der Waals surface area contributed by atoms with E-state index in [-0.39, 0.29) is 17.9 Å². The number of rotatable bonds is 5. The van der Waals surface area contributed by atoms with Crippen LogP contribution in [0.25, 0.3) is 10.9 Å². The summed E-state index contributed by atoms with van der Waals surface area (Å²) < 4.78 is 2.15. The molecule has 2 aromatic carbocycles. The fourth-order valence-corrected chi connectivity index (χ4v) is 4.50. The average molecular weight is 439 g/mol. The van der Waals surface area contributed by atoms with Crippen molar-refractivity contribution >= 4 is 22.7 Å². The first-order valence-electron chi connectivity index (χ1n) is 11.3. The van der Waals surface area contributed by atoms with Gasteiger partial charge in [0.2, 0.25) is 0 Å². The summed E-state index contributed by atoms with van der Waals surface area (Å²) in [4.78, 5) is 31.7. The van der Waals surface area contributed by atoms with E-state index in [1.807, 2.05) is 47.5 Å². The number of hydrogen-bond donors (Lipinski definition) is 1. The molecule has 0 atom stereocenters. The fourth-order valence-electron chi connectivity index (χ4n) is 4.50. The predicted octanol–water partition coefficient (Wildman–Crippen LogP) is 4.12. The zero-order valence-corrected chi connectivity index (χ0v) is 18.4. The van der Waals surface area contributed by atoms with Gasteiger partial charge in [-0.1, -0.05) is 48.5 Å². The number of nitrogens with zero attached hydrogens (tertiary/aromatic N) is 3. The van der Waals surface area contributed by atoms with Crippen LogP contribution in [0.15, 0.2) is 85.3 Å². The van der Waals surface area contributed by atoms with Gasteiger partial charge in [-0.05, 0) is 36.6 Å². The molecular weight excluding hydrogens is 412 g/mol. The van der Waals surface area contributed by atoms with Crippen LogP contribution in [0.2, 0.25) is 0 Å². The standard InChI is InChI=1S/C27H26N4O2/c32-26(21-10-14-28-15-11-21)29-22-12-16-30(17-13-22)27(33)24-19-31(18-20-6-2-1-3-7-20)25-9-5-4-8-23(24)25/h1-11,14-15,19,22H,12-13,16-18H2,(H,29,32). The third kappa shape index (κ3) is 4.51. The molecule has 0 aliphatic carbocycles. The number of amides is 2. The molecule has 3 heterocycles. The lowest BCUT2D eigenvalue weighted by molar-refractivity contribution is 0.0699. The molecule has 0 radical (unpaired) electrons. The smallest absolute Gasteiger partial charge is 0.256 e. The van der Waals surface area contributed by atoms with Gasteiger partial charge in [-0.3, -0.25) is 14.6 Å². The van der Waals surface area contributed by atoms with Crippen LogP contribution in [-0.4, -0.2) is 45.4 Å². The summed E-state index contributed by atoms with van der Waals surface area (Å²) in [6.45, 7) is 1.97. The highest BCUT2D eigenvalue weighted by Gasteiger charge is 2.27. The molecule has 1 fully saturated rings. The first-order chi connectivity index (χ1) is 16.2. The van der Waals surface area contributed by atoms with E-state index in [1.54, 1.807) is 24.5 Å². The highest BCUT2D eigenvalue weighted by atomic mass is 16.2. The lowest BCUT2D eigenvalue weighted by atomic mass is 10.0. The van der Waals surface area contributed by atoms with Crippen LogP contribution in [0, 0.1) is 0 Å². The van der Waals surface area contributed by atoms with Crippen molar-refractivity contribution in [1.29, 1.82) is 0 Å². The molecule has 33 heavy (non-hydrogen) atoms. The number of carbonyl (C=O) groups is 2. The zero-order valence-electron chi connectivity index (χ0n) is 18.4. The van der Waals surface area contributed by atoms with Gasteiger partial charge in [0.25, 0.3) is 11.8 Å². The molecular formula is C27H26N4O2. The van der Waals surface area contributed by atoms with Crippen molar-refractivity contribution in [2.75, 3.05) is 13.1 Å². The maximum absolute atomic E-state index is 13.4. The SMILES string of the molecule is O=C(NC1CCN(C(=O)c2cn(Cc3ccccc3)c3ccccc23)CC1)c1ccncc1. The molecule has 1 saturated heterocycles. The Bertz CT molecular complexity index is 1260. The highest BCUT2D eigenvalue weighted by Crippen LogP contribution is 2.25. The van der Waals surface area contributed by atoms with E-state index in [9.17, 15) is 9.59 Å². The van der Waals surface area contributed by atoms with Gasteiger partial charge in [0, 0.05) is 60.7 Å². The van der Waals surface area contributed by atoms with Crippen LogP contribution < -0.4 is 5.32 Å². The van der Waals surface area contributed by atoms with Gasteiger partial charge in [0.15, 0.2) is 0 Å². The molecule has 1 N–H and O–H groups in total. The first kappa shape index (κ1) is 20.9. The van der Waals surface area contributed by atoms with E-state index in [0.29, 0.717) is 18.7 Å². The maximum Gasteiger partial charge on any atom is 0.256 e. The number of pyridine rings is 1. The summed E-state index contributed by atoms with van der Waals surface area (Å²) in [5.41, 5.74) is 3.60. The molecule has 0 unspecified atom stereocenters. The van der Waals surface area contributed by atoms with Crippen LogP contribution >= 0.6 is 0 Å². The first-order valence-corrected chi connectivity index (χ1v) is 11.3. The van der Waals surface area contributed by atoms with Crippen LogP contribution in [-0.2, 0) is 6.54 Å². The van der Waals surface area contributed by atoms with Gasteiger partial charge in [0.05, 0.1) is 5.56 Å². The Hall–Kier alpha value is -3.93. The largest absolute Gasteiger partial charge is 0.349 e. The van der Waals surface area contributed by atoms with Crippen molar-refractivity contribution in [3.05, 3.63) is 102 Å². The molecule has 6 nitrogen and oxygen atoms in total. The summed E-state index contributed by atoms with van der Waals surface area (Å²) in [6.07, 6.45) is 6.70. The van der Waals surface area contributed by atoms with E-state index < -0.39 is 0 Å². The molecule has 0 saturated carbocycles. The van der Waals surface area contributed by atoms with Crippen molar-refractivity contribution in [3.63, 3.8) is 0 Å². The van der Waals surface area contributed by atoms with Crippen LogP contribution in [0.4, 0.5) is 0 Å². The van der Waals surface area contributed by atoms with E-state index in [4.69, 9.17) is 0 Å². The molecule has 0 spiro atoms. The van der Waals surface area contributed by atoms with Gasteiger partial charge in [-0.25, -0.2) is 0 Å². The Balaban J connectivity index is 1.28. The fraction of sp³-hybridized carbons (Fsp3) is 0.222. The van der Waals surface area contributed by atoms with Crippen LogP contribution in [0.3, 0.4) is 0 Å². The Morgan fingerprint density at radius 3 is 2.36 bits per heavy atom. The molecule has 4 aromatic rings. The van der Waals surface area contributed by atoms with Gasteiger partial charge in [-0.2, -0.15) is 0 Å². The van der Waals surface area contributed by atoms with Gasteiger partial charge in [0.1, 0.15) is 0 Å². The predicted molar refractivity (Wildman–Crippen MR) is 128 cm³/mol. The van der Waals surface area contributed by atoms with Crippen molar-refractivity contribution in [1.82, 2.24) is 19.8 Å². The van der Waals surface area contributed by atoms with Crippen molar-refractivity contribution < 1.29 is 9.59 Å². The summed E-state index contributed by atoms with van der Waals surface area (Å²) >= 11 is 0. The minimum Gasteiger partial charge on any atom is -0.349 e. The number of aromatic nitrogens is 2. The normalized spacial score (nSPS) is 14.4. The second-order valence-electron chi connectivity index (χ2n) is 8.45. The summed E-state index contributed by atoms with van der Waals surface area (Å²) in [5, 5.41) is 4.06. The minimum atomic E-state index is -0.0915. The van der Waals surface area contributed by atoms with E-state index in [1.165, 1.54) is 5.56 Å². The van der Waals surface area contributed by atoms with Crippen LogP contribution in [0.5, 0.6) is 0 Å². The molecule has 5 rings (SSSR count). The number of fused-ring (bicyclic) bond motifs is 1. The number of benzene rings is 2. The van der Waals surface area contributed by atoms with Gasteiger partial charge >= 0.3 is 0 Å². The molecule has 2 amide bonds. The molecule has 6 heteroatoms. The van der Waals surface area contributed by atoms with Crippen LogP contribution in [0.1, 0.15) is 39.1 Å². The van der Waals surface area contributed by atoms with Crippen molar-refractivity contribution in [2.45, 2.75) is 25.4 Å². The third-order valence-corrected chi connectivity index (χ3v) is 6.27. The number of likely N-dealkylation sites (tertiary alicyclic amines) is 1.